The molecule has 0 bridgehead atoms. The molecule has 0 saturated carbocycles. The second-order valence-electron chi connectivity index (χ2n) is 7.00. The number of carbonyl (C=O) groups excluding carboxylic acids is 3. The molecule has 1 heterocycles. The van der Waals surface area contributed by atoms with Gasteiger partial charge in [0.15, 0.2) is 23.3 Å². The first-order chi connectivity index (χ1) is 16.8. The van der Waals surface area contributed by atoms with Crippen LogP contribution < -0.4 is 9.47 Å². The summed E-state index contributed by atoms with van der Waals surface area (Å²) >= 11 is 4.66. The number of rotatable bonds is 8. The average Bonchev–Trinajstić information content (AvgIpc) is 3.15. The minimum absolute atomic E-state index is 0.193. The molecular weight excluding hydrogens is 540 g/mol. The van der Waals surface area contributed by atoms with Gasteiger partial charge in [-0.2, -0.15) is 0 Å². The van der Waals surface area contributed by atoms with Gasteiger partial charge in [-0.1, -0.05) is 6.07 Å². The Kier molecular flexibility index (Phi) is 8.94. The zero-order chi connectivity index (χ0) is 25.5. The first-order valence-corrected chi connectivity index (χ1v) is 12.0. The SMILES string of the molecule is CCN1C(=O)C(=Cc2cc(Br)c(OCC(=O)OC)c(OC)c2)SC1=Nc1cccc(C(=O)OC)c1. The van der Waals surface area contributed by atoms with Crippen molar-refractivity contribution in [2.45, 2.75) is 6.92 Å². The van der Waals surface area contributed by atoms with Crippen molar-refractivity contribution in [2.75, 3.05) is 34.5 Å². The predicted octanol–water partition coefficient (Wildman–Crippen LogP) is 4.42. The van der Waals surface area contributed by atoms with Crippen molar-refractivity contribution in [3.63, 3.8) is 0 Å². The average molecular weight is 563 g/mol. The molecule has 0 aliphatic carbocycles. The first-order valence-electron chi connectivity index (χ1n) is 10.4. The summed E-state index contributed by atoms with van der Waals surface area (Å²) in [6, 6.07) is 10.1. The summed E-state index contributed by atoms with van der Waals surface area (Å²) in [7, 11) is 4.06. The molecule has 0 unspecified atom stereocenters. The molecule has 1 aliphatic rings. The minimum atomic E-state index is -0.526. The number of nitrogens with zero attached hydrogens (tertiary/aromatic N) is 2. The van der Waals surface area contributed by atoms with Gasteiger partial charge in [0.25, 0.3) is 5.91 Å². The highest BCUT2D eigenvalue weighted by Crippen LogP contribution is 2.39. The number of thioether (sulfide) groups is 1. The van der Waals surface area contributed by atoms with Gasteiger partial charge in [0, 0.05) is 6.54 Å². The predicted molar refractivity (Wildman–Crippen MR) is 136 cm³/mol. The van der Waals surface area contributed by atoms with Gasteiger partial charge in [0.2, 0.25) is 0 Å². The maximum atomic E-state index is 13.0. The van der Waals surface area contributed by atoms with E-state index >= 15 is 0 Å². The van der Waals surface area contributed by atoms with E-state index in [4.69, 9.17) is 14.2 Å². The smallest absolute Gasteiger partial charge is 0.343 e. The summed E-state index contributed by atoms with van der Waals surface area (Å²) in [5.41, 5.74) is 1.58. The molecule has 2 aromatic rings. The van der Waals surface area contributed by atoms with Crippen LogP contribution in [0.2, 0.25) is 0 Å². The van der Waals surface area contributed by atoms with E-state index in [-0.39, 0.29) is 12.5 Å². The molecule has 0 spiro atoms. The van der Waals surface area contributed by atoms with E-state index in [1.165, 1.54) is 33.1 Å². The lowest BCUT2D eigenvalue weighted by molar-refractivity contribution is -0.143. The molecule has 0 N–H and O–H groups in total. The molecular formula is C24H23BrN2O7S. The summed E-state index contributed by atoms with van der Waals surface area (Å²) in [5, 5.41) is 0.495. The van der Waals surface area contributed by atoms with Gasteiger partial charge in [-0.3, -0.25) is 9.69 Å². The van der Waals surface area contributed by atoms with Gasteiger partial charge in [0.05, 0.1) is 42.0 Å². The summed E-state index contributed by atoms with van der Waals surface area (Å²) in [5.74, 6) is -0.461. The number of hydrogen-bond acceptors (Lipinski definition) is 9. The third-order valence-corrected chi connectivity index (χ3v) is 6.40. The lowest BCUT2D eigenvalue weighted by Gasteiger charge is -2.13. The number of aliphatic imine (C=N–C) groups is 1. The van der Waals surface area contributed by atoms with E-state index in [0.717, 1.165) is 0 Å². The van der Waals surface area contributed by atoms with Crippen molar-refractivity contribution in [3.8, 4) is 11.5 Å². The number of hydrogen-bond donors (Lipinski definition) is 0. The van der Waals surface area contributed by atoms with E-state index in [9.17, 15) is 14.4 Å². The summed E-state index contributed by atoms with van der Waals surface area (Å²) in [6.45, 7) is 2.00. The fourth-order valence-electron chi connectivity index (χ4n) is 3.11. The molecule has 3 rings (SSSR count). The zero-order valence-electron chi connectivity index (χ0n) is 19.5. The van der Waals surface area contributed by atoms with Gasteiger partial charge >= 0.3 is 11.9 Å². The fourth-order valence-corrected chi connectivity index (χ4v) is 4.74. The molecule has 1 saturated heterocycles. The number of halogens is 1. The van der Waals surface area contributed by atoms with Crippen LogP contribution in [0.5, 0.6) is 11.5 Å². The maximum Gasteiger partial charge on any atom is 0.343 e. The Morgan fingerprint density at radius 2 is 1.91 bits per heavy atom. The number of methoxy groups -OCH3 is 3. The van der Waals surface area contributed by atoms with E-state index in [1.54, 1.807) is 47.4 Å². The number of likely N-dealkylation sites (N-methyl/N-ethyl adjacent to an activating group) is 1. The monoisotopic (exact) mass is 562 g/mol. The maximum absolute atomic E-state index is 13.0. The Hall–Kier alpha value is -3.31. The highest BCUT2D eigenvalue weighted by molar-refractivity contribution is 9.10. The molecule has 1 fully saturated rings. The second-order valence-corrected chi connectivity index (χ2v) is 8.86. The molecule has 2 aromatic carbocycles. The topological polar surface area (TPSA) is 104 Å². The molecule has 1 amide bonds. The number of carbonyl (C=O) groups is 3. The van der Waals surface area contributed by atoms with Crippen LogP contribution in [0.4, 0.5) is 5.69 Å². The van der Waals surface area contributed by atoms with Gasteiger partial charge in [-0.05, 0) is 76.6 Å². The van der Waals surface area contributed by atoms with Crippen LogP contribution in [0, 0.1) is 0 Å². The third-order valence-electron chi connectivity index (χ3n) is 4.81. The van der Waals surface area contributed by atoms with Crippen LogP contribution >= 0.6 is 27.7 Å². The summed E-state index contributed by atoms with van der Waals surface area (Å²) in [6.07, 6.45) is 1.72. The lowest BCUT2D eigenvalue weighted by Crippen LogP contribution is -2.28. The molecule has 0 radical (unpaired) electrons. The fraction of sp³-hybridized carbons (Fsp3) is 0.250. The van der Waals surface area contributed by atoms with Crippen LogP contribution in [0.1, 0.15) is 22.8 Å². The van der Waals surface area contributed by atoms with E-state index < -0.39 is 11.9 Å². The van der Waals surface area contributed by atoms with E-state index in [1.807, 2.05) is 6.92 Å². The van der Waals surface area contributed by atoms with E-state index in [2.05, 4.69) is 25.7 Å². The Bertz CT molecular complexity index is 1210. The van der Waals surface area contributed by atoms with Gasteiger partial charge in [-0.15, -0.1) is 0 Å². The minimum Gasteiger partial charge on any atom is -0.493 e. The normalized spacial score (nSPS) is 15.5. The summed E-state index contributed by atoms with van der Waals surface area (Å²) in [4.78, 5) is 42.9. The van der Waals surface area contributed by atoms with Crippen molar-refractivity contribution in [2.24, 2.45) is 4.99 Å². The summed E-state index contributed by atoms with van der Waals surface area (Å²) < 4.78 is 20.8. The van der Waals surface area contributed by atoms with E-state index in [0.29, 0.717) is 49.4 Å². The Morgan fingerprint density at radius 3 is 2.57 bits per heavy atom. The Balaban J connectivity index is 1.91. The van der Waals surface area contributed by atoms with Crippen LogP contribution in [-0.2, 0) is 19.1 Å². The van der Waals surface area contributed by atoms with Crippen molar-refractivity contribution in [1.29, 1.82) is 0 Å². The van der Waals surface area contributed by atoms with Gasteiger partial charge in [-0.25, -0.2) is 14.6 Å². The van der Waals surface area contributed by atoms with Gasteiger partial charge < -0.3 is 18.9 Å². The Labute approximate surface area is 215 Å². The lowest BCUT2D eigenvalue weighted by atomic mass is 10.2. The number of benzene rings is 2. The zero-order valence-corrected chi connectivity index (χ0v) is 21.9. The molecule has 184 valence electrons. The largest absolute Gasteiger partial charge is 0.493 e. The van der Waals surface area contributed by atoms with Crippen LogP contribution in [0.3, 0.4) is 0 Å². The number of ether oxygens (including phenoxy) is 4. The molecule has 0 atom stereocenters. The van der Waals surface area contributed by atoms with Crippen LogP contribution in [-0.4, -0.2) is 62.4 Å². The number of amides is 1. The second kappa shape index (κ2) is 11.9. The van der Waals surface area contributed by atoms with Crippen LogP contribution in [0.25, 0.3) is 6.08 Å². The molecule has 35 heavy (non-hydrogen) atoms. The standard InChI is InChI=1S/C24H23BrN2O7S/c1-5-27-22(29)19(35-24(27)26-16-8-6-7-15(12-16)23(30)33-4)11-14-9-17(25)21(18(10-14)31-2)34-13-20(28)32-3/h6-12H,5,13H2,1-4H3. The van der Waals surface area contributed by atoms with Gasteiger partial charge in [0.1, 0.15) is 0 Å². The first kappa shape index (κ1) is 26.3. The highest BCUT2D eigenvalue weighted by Gasteiger charge is 2.32. The molecule has 9 nitrogen and oxygen atoms in total. The Morgan fingerprint density at radius 1 is 1.14 bits per heavy atom. The molecule has 0 aromatic heterocycles. The van der Waals surface area contributed by atoms with Crippen molar-refractivity contribution >= 4 is 62.5 Å². The van der Waals surface area contributed by atoms with Crippen molar-refractivity contribution in [1.82, 2.24) is 4.90 Å². The van der Waals surface area contributed by atoms with Crippen LogP contribution in [0.15, 0.2) is 50.8 Å². The third kappa shape index (κ3) is 6.23. The number of esters is 2. The quantitative estimate of drug-likeness (QED) is 0.344. The molecule has 11 heteroatoms. The van der Waals surface area contributed by atoms with Crippen molar-refractivity contribution < 1.29 is 33.3 Å². The highest BCUT2D eigenvalue weighted by atomic mass is 79.9. The number of amidine groups is 1. The molecule has 1 aliphatic heterocycles. The van der Waals surface area contributed by atoms with Crippen molar-refractivity contribution in [3.05, 3.63) is 56.9 Å².